The van der Waals surface area contributed by atoms with Crippen LogP contribution < -0.4 is 10.6 Å². The Morgan fingerprint density at radius 1 is 1.50 bits per heavy atom. The number of aromatic nitrogens is 2. The van der Waals surface area contributed by atoms with Crippen molar-refractivity contribution in [2.24, 2.45) is 0 Å². The van der Waals surface area contributed by atoms with Crippen LogP contribution in [-0.2, 0) is 4.79 Å². The van der Waals surface area contributed by atoms with E-state index in [0.29, 0.717) is 12.1 Å². The van der Waals surface area contributed by atoms with Crippen molar-refractivity contribution in [1.29, 1.82) is 0 Å². The second kappa shape index (κ2) is 5.00. The average molecular weight is 196 g/mol. The van der Waals surface area contributed by atoms with Gasteiger partial charge in [-0.2, -0.15) is 5.10 Å². The Morgan fingerprint density at radius 3 is 2.86 bits per heavy atom. The summed E-state index contributed by atoms with van der Waals surface area (Å²) in [5, 5.41) is 11.2. The van der Waals surface area contributed by atoms with Crippen LogP contribution in [0.25, 0.3) is 0 Å². The molecule has 0 unspecified atom stereocenters. The van der Waals surface area contributed by atoms with E-state index in [1.165, 1.54) is 12.4 Å². The zero-order chi connectivity index (χ0) is 10.4. The molecule has 0 saturated carbocycles. The number of likely N-dealkylation sites (N-methyl/N-ethyl adjacent to an activating group) is 1. The largest absolute Gasteiger partial charge is 0.355 e. The molecule has 6 heteroatoms. The maximum atomic E-state index is 11.3. The number of carbonyl (C=O) groups is 2. The highest BCUT2D eigenvalue weighted by atomic mass is 16.2. The van der Waals surface area contributed by atoms with Gasteiger partial charge in [-0.1, -0.05) is 0 Å². The van der Waals surface area contributed by atoms with Gasteiger partial charge in [0.2, 0.25) is 5.91 Å². The summed E-state index contributed by atoms with van der Waals surface area (Å²) in [6.07, 6.45) is 2.86. The number of rotatable bonds is 4. The van der Waals surface area contributed by atoms with Crippen LogP contribution in [0, 0.1) is 0 Å². The van der Waals surface area contributed by atoms with Crippen molar-refractivity contribution in [2.45, 2.75) is 6.92 Å². The first-order valence-electron chi connectivity index (χ1n) is 4.27. The number of H-pyrrole nitrogens is 1. The van der Waals surface area contributed by atoms with E-state index in [2.05, 4.69) is 20.8 Å². The Morgan fingerprint density at radius 2 is 2.29 bits per heavy atom. The van der Waals surface area contributed by atoms with Crippen molar-refractivity contribution in [3.05, 3.63) is 18.0 Å². The van der Waals surface area contributed by atoms with Crippen molar-refractivity contribution in [1.82, 2.24) is 20.8 Å². The molecule has 76 valence electrons. The number of nitrogens with zero attached hydrogens (tertiary/aromatic N) is 1. The van der Waals surface area contributed by atoms with Crippen molar-refractivity contribution in [3.8, 4) is 0 Å². The Kier molecular flexibility index (Phi) is 3.66. The minimum absolute atomic E-state index is 0.0160. The van der Waals surface area contributed by atoms with Gasteiger partial charge in [0, 0.05) is 12.7 Å². The second-order valence-corrected chi connectivity index (χ2v) is 2.62. The third-order valence-electron chi connectivity index (χ3n) is 1.54. The van der Waals surface area contributed by atoms with Crippen LogP contribution in [0.1, 0.15) is 17.3 Å². The van der Waals surface area contributed by atoms with Gasteiger partial charge in [-0.25, -0.2) is 0 Å². The van der Waals surface area contributed by atoms with Crippen LogP contribution in [-0.4, -0.2) is 35.1 Å². The molecule has 1 heterocycles. The molecule has 0 aliphatic heterocycles. The maximum Gasteiger partial charge on any atom is 0.254 e. The fourth-order valence-electron chi connectivity index (χ4n) is 0.897. The van der Waals surface area contributed by atoms with Gasteiger partial charge in [-0.05, 0) is 6.92 Å². The van der Waals surface area contributed by atoms with Gasteiger partial charge in [0.1, 0.15) is 0 Å². The van der Waals surface area contributed by atoms with Gasteiger partial charge in [-0.3, -0.25) is 14.7 Å². The lowest BCUT2D eigenvalue weighted by molar-refractivity contribution is -0.120. The van der Waals surface area contributed by atoms with Crippen LogP contribution in [0.3, 0.4) is 0 Å². The molecule has 1 aromatic rings. The minimum atomic E-state index is -0.315. The number of hydrogen-bond acceptors (Lipinski definition) is 3. The molecule has 14 heavy (non-hydrogen) atoms. The molecule has 1 aromatic heterocycles. The Hall–Kier alpha value is -1.85. The van der Waals surface area contributed by atoms with E-state index in [4.69, 9.17) is 0 Å². The fourth-order valence-corrected chi connectivity index (χ4v) is 0.897. The van der Waals surface area contributed by atoms with Crippen LogP contribution in [0.4, 0.5) is 0 Å². The van der Waals surface area contributed by atoms with E-state index < -0.39 is 0 Å². The molecule has 6 nitrogen and oxygen atoms in total. The molecule has 0 saturated heterocycles. The van der Waals surface area contributed by atoms with Gasteiger partial charge in [0.15, 0.2) is 0 Å². The third kappa shape index (κ3) is 2.89. The van der Waals surface area contributed by atoms with Crippen molar-refractivity contribution < 1.29 is 9.59 Å². The minimum Gasteiger partial charge on any atom is -0.355 e. The summed E-state index contributed by atoms with van der Waals surface area (Å²) in [5.74, 6) is -0.519. The van der Waals surface area contributed by atoms with Gasteiger partial charge in [-0.15, -0.1) is 0 Å². The summed E-state index contributed by atoms with van der Waals surface area (Å²) in [7, 11) is 0. The van der Waals surface area contributed by atoms with Crippen LogP contribution in [0.5, 0.6) is 0 Å². The molecular weight excluding hydrogens is 184 g/mol. The molecule has 0 aliphatic rings. The third-order valence-corrected chi connectivity index (χ3v) is 1.54. The molecule has 2 amide bonds. The van der Waals surface area contributed by atoms with E-state index in [0.717, 1.165) is 0 Å². The molecule has 0 spiro atoms. The Balaban J connectivity index is 2.32. The SMILES string of the molecule is CCNC(=O)CNC(=O)c1cn[nH]c1. The van der Waals surface area contributed by atoms with E-state index in [1.54, 1.807) is 0 Å². The van der Waals surface area contributed by atoms with E-state index in [-0.39, 0.29) is 18.4 Å². The molecule has 0 aromatic carbocycles. The molecule has 0 aliphatic carbocycles. The molecule has 0 fully saturated rings. The summed E-state index contributed by atoms with van der Waals surface area (Å²) in [5.41, 5.74) is 0.411. The number of amides is 2. The smallest absolute Gasteiger partial charge is 0.254 e. The molecule has 0 radical (unpaired) electrons. The summed E-state index contributed by atoms with van der Waals surface area (Å²) >= 11 is 0. The second-order valence-electron chi connectivity index (χ2n) is 2.62. The molecule has 1 rings (SSSR count). The van der Waals surface area contributed by atoms with Gasteiger partial charge in [0.05, 0.1) is 18.3 Å². The number of aromatic amines is 1. The lowest BCUT2D eigenvalue weighted by Gasteiger charge is -2.02. The average Bonchev–Trinajstić information content (AvgIpc) is 2.67. The zero-order valence-electron chi connectivity index (χ0n) is 7.83. The summed E-state index contributed by atoms with van der Waals surface area (Å²) < 4.78 is 0. The first-order chi connectivity index (χ1) is 6.74. The van der Waals surface area contributed by atoms with E-state index in [9.17, 15) is 9.59 Å². The van der Waals surface area contributed by atoms with Gasteiger partial charge < -0.3 is 10.6 Å². The number of hydrogen-bond donors (Lipinski definition) is 3. The molecule has 0 atom stereocenters. The van der Waals surface area contributed by atoms with Crippen molar-refractivity contribution in [2.75, 3.05) is 13.1 Å². The van der Waals surface area contributed by atoms with Crippen molar-refractivity contribution >= 4 is 11.8 Å². The highest BCUT2D eigenvalue weighted by Gasteiger charge is 2.07. The molecule has 0 bridgehead atoms. The topological polar surface area (TPSA) is 86.9 Å². The highest BCUT2D eigenvalue weighted by molar-refractivity contribution is 5.95. The molecular formula is C8H12N4O2. The Bertz CT molecular complexity index is 307. The predicted octanol–water partition coefficient (Wildman–Crippen LogP) is -0.724. The Labute approximate surface area is 81.1 Å². The standard InChI is InChI=1S/C8H12N4O2/c1-2-9-7(13)5-10-8(14)6-3-11-12-4-6/h3-4H,2,5H2,1H3,(H,9,13)(H,10,14)(H,11,12). The highest BCUT2D eigenvalue weighted by Crippen LogP contribution is 1.91. The van der Waals surface area contributed by atoms with Gasteiger partial charge in [0.25, 0.3) is 5.91 Å². The fraction of sp³-hybridized carbons (Fsp3) is 0.375. The van der Waals surface area contributed by atoms with Crippen LogP contribution in [0.2, 0.25) is 0 Å². The predicted molar refractivity (Wildman–Crippen MR) is 49.6 cm³/mol. The lowest BCUT2D eigenvalue weighted by atomic mass is 10.3. The summed E-state index contributed by atoms with van der Waals surface area (Å²) in [6, 6.07) is 0. The summed E-state index contributed by atoms with van der Waals surface area (Å²) in [4.78, 5) is 22.2. The number of carbonyl (C=O) groups excluding carboxylic acids is 2. The first kappa shape index (κ1) is 10.2. The first-order valence-corrected chi connectivity index (χ1v) is 4.27. The number of nitrogens with one attached hydrogen (secondary N) is 3. The van der Waals surface area contributed by atoms with Crippen LogP contribution >= 0.6 is 0 Å². The van der Waals surface area contributed by atoms with Crippen molar-refractivity contribution in [3.63, 3.8) is 0 Å². The zero-order valence-corrected chi connectivity index (χ0v) is 7.83. The van der Waals surface area contributed by atoms with E-state index >= 15 is 0 Å². The van der Waals surface area contributed by atoms with Crippen LogP contribution in [0.15, 0.2) is 12.4 Å². The summed E-state index contributed by atoms with van der Waals surface area (Å²) in [6.45, 7) is 2.36. The van der Waals surface area contributed by atoms with Gasteiger partial charge >= 0.3 is 0 Å². The normalized spacial score (nSPS) is 9.50. The maximum absolute atomic E-state index is 11.3. The monoisotopic (exact) mass is 196 g/mol. The lowest BCUT2D eigenvalue weighted by Crippen LogP contribution is -2.36. The molecule has 3 N–H and O–H groups in total. The quantitative estimate of drug-likeness (QED) is 0.593. The van der Waals surface area contributed by atoms with E-state index in [1.807, 2.05) is 6.92 Å².